The number of rotatable bonds is 8. The molecule has 36 heavy (non-hydrogen) atoms. The molecule has 0 saturated carbocycles. The summed E-state index contributed by atoms with van der Waals surface area (Å²) in [6, 6.07) is 20.3. The van der Waals surface area contributed by atoms with Crippen LogP contribution in [0.15, 0.2) is 83.0 Å². The van der Waals surface area contributed by atoms with Gasteiger partial charge in [0.2, 0.25) is 5.91 Å². The number of amides is 4. The van der Waals surface area contributed by atoms with Gasteiger partial charge < -0.3 is 20.1 Å². The zero-order chi connectivity index (χ0) is 25.7. The van der Waals surface area contributed by atoms with E-state index in [4.69, 9.17) is 9.47 Å². The van der Waals surface area contributed by atoms with Crippen molar-refractivity contribution in [1.29, 1.82) is 0 Å². The fraction of sp³-hybridized carbons (Fsp3) is 0.192. The Bertz CT molecular complexity index is 1310. The highest BCUT2D eigenvalue weighted by molar-refractivity contribution is 6.10. The molecule has 0 bridgehead atoms. The van der Waals surface area contributed by atoms with Gasteiger partial charge in [-0.05, 0) is 61.0 Å². The molecule has 2 N–H and O–H groups in total. The number of nitrogens with one attached hydrogen (secondary N) is 2. The van der Waals surface area contributed by atoms with Crippen LogP contribution in [0.25, 0.3) is 0 Å². The highest BCUT2D eigenvalue weighted by Gasteiger charge is 2.49. The summed E-state index contributed by atoms with van der Waals surface area (Å²) in [5, 5.41) is 13.7. The lowest BCUT2D eigenvalue weighted by molar-refractivity contribution is -0.133. The maximum atomic E-state index is 13.2. The van der Waals surface area contributed by atoms with Crippen LogP contribution in [-0.4, -0.2) is 43.5 Å². The molecule has 1 unspecified atom stereocenters. The Kier molecular flexibility index (Phi) is 6.95. The van der Waals surface area contributed by atoms with Gasteiger partial charge in [-0.25, -0.2) is 4.79 Å². The normalized spacial score (nSPS) is 17.2. The maximum absolute atomic E-state index is 13.2. The Morgan fingerprint density at radius 2 is 1.56 bits per heavy atom. The predicted octanol–water partition coefficient (Wildman–Crippen LogP) is 4.52. The summed E-state index contributed by atoms with van der Waals surface area (Å²) < 4.78 is 10.5. The van der Waals surface area contributed by atoms with Crippen LogP contribution in [0.5, 0.6) is 11.5 Å². The molecule has 0 spiro atoms. The number of methoxy groups -OCH3 is 2. The molecule has 184 valence electrons. The zero-order valence-electron chi connectivity index (χ0n) is 20.0. The van der Waals surface area contributed by atoms with Crippen molar-refractivity contribution in [3.8, 4) is 11.5 Å². The number of anilines is 1. The van der Waals surface area contributed by atoms with E-state index in [1.54, 1.807) is 49.4 Å². The number of ether oxygens (including phenoxy) is 2. The lowest BCUT2D eigenvalue weighted by atomic mass is 9.91. The fourth-order valence-corrected chi connectivity index (χ4v) is 3.75. The van der Waals surface area contributed by atoms with E-state index in [2.05, 4.69) is 20.9 Å². The number of carbonyl (C=O) groups excluding carboxylic acids is 3. The lowest BCUT2D eigenvalue weighted by Gasteiger charge is -2.23. The monoisotopic (exact) mass is 487 g/mol. The van der Waals surface area contributed by atoms with Crippen LogP contribution < -0.4 is 20.1 Å². The number of carbonyl (C=O) groups is 3. The van der Waals surface area contributed by atoms with E-state index in [9.17, 15) is 14.4 Å². The summed E-state index contributed by atoms with van der Waals surface area (Å²) in [7, 11) is 2.98. The van der Waals surface area contributed by atoms with E-state index in [-0.39, 0.29) is 0 Å². The molecular formula is C26H25N5O5. The van der Waals surface area contributed by atoms with Crippen molar-refractivity contribution < 1.29 is 23.9 Å². The summed E-state index contributed by atoms with van der Waals surface area (Å²) in [5.41, 5.74) is 0.970. The Morgan fingerprint density at radius 1 is 0.917 bits per heavy atom. The van der Waals surface area contributed by atoms with E-state index in [1.807, 2.05) is 30.3 Å². The molecule has 3 aromatic rings. The third-order valence-electron chi connectivity index (χ3n) is 5.73. The number of nitrogens with zero attached hydrogens (tertiary/aromatic N) is 3. The van der Waals surface area contributed by atoms with Gasteiger partial charge in [0.15, 0.2) is 11.5 Å². The topological polar surface area (TPSA) is 122 Å². The first-order chi connectivity index (χ1) is 17.3. The zero-order valence-corrected chi connectivity index (χ0v) is 20.0. The van der Waals surface area contributed by atoms with Crippen molar-refractivity contribution >= 4 is 34.9 Å². The van der Waals surface area contributed by atoms with Crippen LogP contribution >= 0.6 is 0 Å². The molecule has 4 rings (SSSR count). The lowest BCUT2D eigenvalue weighted by Crippen LogP contribution is -2.42. The summed E-state index contributed by atoms with van der Waals surface area (Å²) >= 11 is 0. The molecule has 3 aromatic carbocycles. The molecule has 4 amide bonds. The van der Waals surface area contributed by atoms with Crippen molar-refractivity contribution in [1.82, 2.24) is 10.2 Å². The third-order valence-corrected chi connectivity index (χ3v) is 5.73. The van der Waals surface area contributed by atoms with Crippen LogP contribution in [0.3, 0.4) is 0 Å². The smallest absolute Gasteiger partial charge is 0.325 e. The highest BCUT2D eigenvalue weighted by Crippen LogP contribution is 2.35. The van der Waals surface area contributed by atoms with Crippen LogP contribution in [0, 0.1) is 0 Å². The standard InChI is InChI=1S/C26H25N5O5/c1-26(17-9-14-21(35-2)22(15-17)36-3)24(33)31(25(34)28-26)16-23(32)27-18-10-12-20(13-11-18)30-29-19-7-5-4-6-8-19/h4-15H,16H2,1-3H3,(H,27,32)(H,28,34). The van der Waals surface area contributed by atoms with E-state index < -0.39 is 29.9 Å². The third kappa shape index (κ3) is 5.02. The summed E-state index contributed by atoms with van der Waals surface area (Å²) in [6.07, 6.45) is 0. The predicted molar refractivity (Wildman–Crippen MR) is 133 cm³/mol. The Balaban J connectivity index is 1.41. The second-order valence-electron chi connectivity index (χ2n) is 8.15. The minimum absolute atomic E-state index is 0.418. The van der Waals surface area contributed by atoms with Crippen LogP contribution in [0.2, 0.25) is 0 Å². The Morgan fingerprint density at radius 3 is 2.19 bits per heavy atom. The van der Waals surface area contributed by atoms with Gasteiger partial charge in [-0.3, -0.25) is 14.5 Å². The van der Waals surface area contributed by atoms with Crippen molar-refractivity contribution in [2.45, 2.75) is 12.5 Å². The van der Waals surface area contributed by atoms with Crippen molar-refractivity contribution in [2.24, 2.45) is 10.2 Å². The molecule has 0 radical (unpaired) electrons. The first kappa shape index (κ1) is 24.4. The van der Waals surface area contributed by atoms with Gasteiger partial charge in [-0.2, -0.15) is 10.2 Å². The number of imide groups is 1. The second kappa shape index (κ2) is 10.3. The summed E-state index contributed by atoms with van der Waals surface area (Å²) in [5.74, 6) is -0.160. The molecule has 1 aliphatic rings. The first-order valence-electron chi connectivity index (χ1n) is 11.1. The summed E-state index contributed by atoms with van der Waals surface area (Å²) in [4.78, 5) is 39.3. The van der Waals surface area contributed by atoms with Gasteiger partial charge in [-0.1, -0.05) is 24.3 Å². The molecule has 0 aromatic heterocycles. The minimum atomic E-state index is -1.36. The number of benzene rings is 3. The molecule has 1 heterocycles. The van der Waals surface area contributed by atoms with Gasteiger partial charge in [0, 0.05) is 5.69 Å². The average molecular weight is 488 g/mol. The first-order valence-corrected chi connectivity index (χ1v) is 11.1. The number of hydrogen-bond acceptors (Lipinski definition) is 7. The van der Waals surface area contributed by atoms with Gasteiger partial charge in [0.25, 0.3) is 5.91 Å². The quantitative estimate of drug-likeness (QED) is 0.357. The molecule has 1 aliphatic heterocycles. The van der Waals surface area contributed by atoms with Gasteiger partial charge in [0.1, 0.15) is 12.1 Å². The second-order valence-corrected chi connectivity index (χ2v) is 8.15. The average Bonchev–Trinajstić information content (AvgIpc) is 3.12. The van der Waals surface area contributed by atoms with Crippen LogP contribution in [0.4, 0.5) is 21.9 Å². The molecule has 0 aliphatic carbocycles. The van der Waals surface area contributed by atoms with Gasteiger partial charge in [0.05, 0.1) is 25.6 Å². The molecular weight excluding hydrogens is 462 g/mol. The molecule has 10 heteroatoms. The van der Waals surface area contributed by atoms with Gasteiger partial charge in [-0.15, -0.1) is 0 Å². The largest absolute Gasteiger partial charge is 0.493 e. The Labute approximate surface area is 207 Å². The van der Waals surface area contributed by atoms with E-state index >= 15 is 0 Å². The maximum Gasteiger partial charge on any atom is 0.325 e. The number of azo groups is 1. The molecule has 1 fully saturated rings. The number of hydrogen-bond donors (Lipinski definition) is 2. The number of urea groups is 1. The summed E-state index contributed by atoms with van der Waals surface area (Å²) in [6.45, 7) is 1.14. The van der Waals surface area contributed by atoms with Gasteiger partial charge >= 0.3 is 6.03 Å². The van der Waals surface area contributed by atoms with E-state index in [0.29, 0.717) is 28.4 Å². The fourth-order valence-electron chi connectivity index (χ4n) is 3.75. The molecule has 10 nitrogen and oxygen atoms in total. The van der Waals surface area contributed by atoms with Crippen LogP contribution in [0.1, 0.15) is 12.5 Å². The highest BCUT2D eigenvalue weighted by atomic mass is 16.5. The Hall–Kier alpha value is -4.73. The SMILES string of the molecule is COc1ccc(C2(C)NC(=O)N(CC(=O)Nc3ccc(N=Nc4ccccc4)cc3)C2=O)cc1OC. The molecule has 1 saturated heterocycles. The van der Waals surface area contributed by atoms with Crippen molar-refractivity contribution in [2.75, 3.05) is 26.1 Å². The van der Waals surface area contributed by atoms with Crippen LogP contribution in [-0.2, 0) is 15.1 Å². The van der Waals surface area contributed by atoms with Crippen molar-refractivity contribution in [3.63, 3.8) is 0 Å². The van der Waals surface area contributed by atoms with E-state index in [1.165, 1.54) is 14.2 Å². The minimum Gasteiger partial charge on any atom is -0.493 e. The van der Waals surface area contributed by atoms with E-state index in [0.717, 1.165) is 10.6 Å². The molecule has 1 atom stereocenters. The van der Waals surface area contributed by atoms with Crippen molar-refractivity contribution in [3.05, 3.63) is 78.4 Å².